The van der Waals surface area contributed by atoms with Crippen molar-refractivity contribution in [1.82, 2.24) is 15.6 Å². The number of hydrogen-bond acceptors (Lipinski definition) is 4. The van der Waals surface area contributed by atoms with E-state index in [-0.39, 0.29) is 25.4 Å². The third-order valence-corrected chi connectivity index (χ3v) is 5.24. The van der Waals surface area contributed by atoms with Gasteiger partial charge < -0.3 is 25.5 Å². The van der Waals surface area contributed by atoms with E-state index in [0.29, 0.717) is 0 Å². The van der Waals surface area contributed by atoms with E-state index >= 15 is 0 Å². The van der Waals surface area contributed by atoms with Crippen LogP contribution in [0.1, 0.15) is 31.4 Å². The number of aromatic amines is 1. The molecule has 8 nitrogen and oxygen atoms in total. The van der Waals surface area contributed by atoms with E-state index < -0.39 is 30.1 Å². The standard InChI is InChI=1S/C25H29N3O5/c1-16(2)12-22(24(30)31)27-23(29)21(13-18-14-26-20-11-7-6-10-19(18)20)28-25(32)33-15-17-8-4-3-5-9-17/h3-11,14,16,21-22,26H,12-13,15H2,1-2H3,(H,27,29)(H,28,32)(H,30,31)/t21-,22+/m1/s1. The highest BCUT2D eigenvalue weighted by Gasteiger charge is 2.28. The van der Waals surface area contributed by atoms with E-state index in [1.54, 1.807) is 6.20 Å². The molecule has 0 radical (unpaired) electrons. The molecule has 174 valence electrons. The second-order valence-electron chi connectivity index (χ2n) is 8.35. The number of aliphatic carboxylic acids is 1. The van der Waals surface area contributed by atoms with E-state index in [0.717, 1.165) is 22.0 Å². The molecule has 3 aromatic rings. The predicted molar refractivity (Wildman–Crippen MR) is 125 cm³/mol. The van der Waals surface area contributed by atoms with Gasteiger partial charge in [0.25, 0.3) is 0 Å². The normalized spacial score (nSPS) is 12.8. The molecule has 4 N–H and O–H groups in total. The number of carbonyl (C=O) groups excluding carboxylic acids is 2. The highest BCUT2D eigenvalue weighted by molar-refractivity contribution is 5.90. The molecule has 0 saturated carbocycles. The van der Waals surface area contributed by atoms with Crippen LogP contribution in [0, 0.1) is 5.92 Å². The Bertz CT molecular complexity index is 1090. The Kier molecular flexibility index (Phi) is 8.07. The van der Waals surface area contributed by atoms with Crippen molar-refractivity contribution in [2.75, 3.05) is 0 Å². The lowest BCUT2D eigenvalue weighted by Gasteiger charge is -2.22. The highest BCUT2D eigenvalue weighted by Crippen LogP contribution is 2.19. The van der Waals surface area contributed by atoms with Crippen molar-refractivity contribution in [1.29, 1.82) is 0 Å². The summed E-state index contributed by atoms with van der Waals surface area (Å²) in [6, 6.07) is 14.7. The molecule has 2 amide bonds. The van der Waals surface area contributed by atoms with Gasteiger partial charge in [0.15, 0.2) is 0 Å². The Morgan fingerprint density at radius 2 is 1.67 bits per heavy atom. The summed E-state index contributed by atoms with van der Waals surface area (Å²) in [7, 11) is 0. The lowest BCUT2D eigenvalue weighted by atomic mass is 10.0. The van der Waals surface area contributed by atoms with Crippen LogP contribution in [0.3, 0.4) is 0 Å². The summed E-state index contributed by atoms with van der Waals surface area (Å²) >= 11 is 0. The topological polar surface area (TPSA) is 121 Å². The van der Waals surface area contributed by atoms with Crippen LogP contribution in [0.4, 0.5) is 4.79 Å². The smallest absolute Gasteiger partial charge is 0.408 e. The van der Waals surface area contributed by atoms with Crippen molar-refractivity contribution in [2.24, 2.45) is 5.92 Å². The minimum atomic E-state index is -1.12. The molecule has 0 spiro atoms. The van der Waals surface area contributed by atoms with Gasteiger partial charge in [-0.3, -0.25) is 4.79 Å². The lowest BCUT2D eigenvalue weighted by molar-refractivity contribution is -0.142. The third kappa shape index (κ3) is 6.83. The molecule has 0 aliphatic heterocycles. The molecule has 8 heteroatoms. The number of para-hydroxylation sites is 1. The molecule has 1 heterocycles. The molecule has 3 rings (SSSR count). The molecule has 0 unspecified atom stereocenters. The summed E-state index contributed by atoms with van der Waals surface area (Å²) in [5, 5.41) is 15.6. The van der Waals surface area contributed by atoms with Crippen molar-refractivity contribution in [3.8, 4) is 0 Å². The van der Waals surface area contributed by atoms with Crippen molar-refractivity contribution < 1.29 is 24.2 Å². The number of H-pyrrole nitrogens is 1. The van der Waals surface area contributed by atoms with Gasteiger partial charge in [-0.1, -0.05) is 62.4 Å². The Balaban J connectivity index is 1.75. The number of aromatic nitrogens is 1. The first-order chi connectivity index (χ1) is 15.8. The van der Waals surface area contributed by atoms with Crippen molar-refractivity contribution >= 4 is 28.9 Å². The van der Waals surface area contributed by atoms with Gasteiger partial charge in [0.2, 0.25) is 5.91 Å². The van der Waals surface area contributed by atoms with E-state index in [9.17, 15) is 19.5 Å². The number of nitrogens with one attached hydrogen (secondary N) is 3. The monoisotopic (exact) mass is 451 g/mol. The molecule has 0 fully saturated rings. The predicted octanol–water partition coefficient (Wildman–Crippen LogP) is 3.62. The van der Waals surface area contributed by atoms with Gasteiger partial charge in [0.1, 0.15) is 18.7 Å². The molecule has 0 saturated heterocycles. The lowest BCUT2D eigenvalue weighted by Crippen LogP contribution is -2.52. The highest BCUT2D eigenvalue weighted by atomic mass is 16.5. The average Bonchev–Trinajstić information content (AvgIpc) is 3.20. The number of amides is 2. The first-order valence-electron chi connectivity index (χ1n) is 10.9. The van der Waals surface area contributed by atoms with E-state index in [1.807, 2.05) is 68.4 Å². The largest absolute Gasteiger partial charge is 0.480 e. The van der Waals surface area contributed by atoms with Gasteiger partial charge in [0, 0.05) is 23.5 Å². The summed E-state index contributed by atoms with van der Waals surface area (Å²) in [5.41, 5.74) is 2.54. The number of benzene rings is 2. The number of carboxylic acid groups (broad SMARTS) is 1. The Labute approximate surface area is 192 Å². The Hall–Kier alpha value is -3.81. The maximum absolute atomic E-state index is 13.1. The molecular formula is C25H29N3O5. The van der Waals surface area contributed by atoms with Crippen LogP contribution >= 0.6 is 0 Å². The van der Waals surface area contributed by atoms with Crippen molar-refractivity contribution in [3.05, 3.63) is 71.9 Å². The molecule has 0 aliphatic rings. The summed E-state index contributed by atoms with van der Waals surface area (Å²) in [5.74, 6) is -1.62. The summed E-state index contributed by atoms with van der Waals surface area (Å²) in [6.45, 7) is 3.81. The number of alkyl carbamates (subject to hydrolysis) is 1. The zero-order valence-electron chi connectivity index (χ0n) is 18.7. The SMILES string of the molecule is CC(C)C[C@H](NC(=O)[C@@H](Cc1c[nH]c2ccccc12)NC(=O)OCc1ccccc1)C(=O)O. The van der Waals surface area contributed by atoms with Crippen LogP contribution in [-0.2, 0) is 27.4 Å². The first kappa shape index (κ1) is 23.8. The number of hydrogen-bond donors (Lipinski definition) is 4. The molecular weight excluding hydrogens is 422 g/mol. The van der Waals surface area contributed by atoms with Crippen LogP contribution in [0.15, 0.2) is 60.8 Å². The molecule has 0 aliphatic carbocycles. The van der Waals surface area contributed by atoms with Crippen LogP contribution in [0.25, 0.3) is 10.9 Å². The van der Waals surface area contributed by atoms with Crippen LogP contribution in [0.2, 0.25) is 0 Å². The molecule has 2 aromatic carbocycles. The Morgan fingerprint density at radius 3 is 2.36 bits per heavy atom. The number of fused-ring (bicyclic) bond motifs is 1. The number of carbonyl (C=O) groups is 3. The van der Waals surface area contributed by atoms with E-state index in [1.165, 1.54) is 0 Å². The van der Waals surface area contributed by atoms with Gasteiger partial charge in [-0.2, -0.15) is 0 Å². The van der Waals surface area contributed by atoms with Crippen LogP contribution < -0.4 is 10.6 Å². The quantitative estimate of drug-likeness (QED) is 0.375. The third-order valence-electron chi connectivity index (χ3n) is 5.24. The van der Waals surface area contributed by atoms with E-state index in [2.05, 4.69) is 15.6 Å². The van der Waals surface area contributed by atoms with Crippen LogP contribution in [-0.4, -0.2) is 40.1 Å². The average molecular weight is 452 g/mol. The number of rotatable bonds is 10. The first-order valence-corrected chi connectivity index (χ1v) is 10.9. The van der Waals surface area contributed by atoms with Gasteiger partial charge in [-0.25, -0.2) is 9.59 Å². The van der Waals surface area contributed by atoms with Gasteiger partial charge in [0.05, 0.1) is 0 Å². The fourth-order valence-corrected chi connectivity index (χ4v) is 3.60. The summed E-state index contributed by atoms with van der Waals surface area (Å²) < 4.78 is 5.28. The number of carboxylic acids is 1. The zero-order valence-corrected chi connectivity index (χ0v) is 18.7. The van der Waals surface area contributed by atoms with Gasteiger partial charge >= 0.3 is 12.1 Å². The van der Waals surface area contributed by atoms with Crippen molar-refractivity contribution in [3.63, 3.8) is 0 Å². The maximum Gasteiger partial charge on any atom is 0.408 e. The number of ether oxygens (including phenoxy) is 1. The van der Waals surface area contributed by atoms with Gasteiger partial charge in [-0.05, 0) is 29.5 Å². The van der Waals surface area contributed by atoms with Crippen molar-refractivity contribution in [2.45, 2.75) is 45.4 Å². The van der Waals surface area contributed by atoms with Crippen LogP contribution in [0.5, 0.6) is 0 Å². The second kappa shape index (κ2) is 11.2. The zero-order chi connectivity index (χ0) is 23.8. The summed E-state index contributed by atoms with van der Waals surface area (Å²) in [6.07, 6.45) is 1.48. The van der Waals surface area contributed by atoms with E-state index in [4.69, 9.17) is 4.74 Å². The molecule has 2 atom stereocenters. The Morgan fingerprint density at radius 1 is 0.970 bits per heavy atom. The minimum Gasteiger partial charge on any atom is -0.480 e. The maximum atomic E-state index is 13.1. The second-order valence-corrected chi connectivity index (χ2v) is 8.35. The van der Waals surface area contributed by atoms with Gasteiger partial charge in [-0.15, -0.1) is 0 Å². The summed E-state index contributed by atoms with van der Waals surface area (Å²) in [4.78, 5) is 40.3. The molecule has 1 aromatic heterocycles. The fourth-order valence-electron chi connectivity index (χ4n) is 3.60. The fraction of sp³-hybridized carbons (Fsp3) is 0.320. The minimum absolute atomic E-state index is 0.0548. The molecule has 0 bridgehead atoms. The molecule has 33 heavy (non-hydrogen) atoms.